The summed E-state index contributed by atoms with van der Waals surface area (Å²) in [5.74, 6) is 0. The average Bonchev–Trinajstić information content (AvgIpc) is 2.62. The van der Waals surface area contributed by atoms with E-state index in [1.807, 2.05) is 0 Å². The van der Waals surface area contributed by atoms with Crippen molar-refractivity contribution in [3.8, 4) is 11.1 Å². The van der Waals surface area contributed by atoms with Crippen molar-refractivity contribution in [3.63, 3.8) is 0 Å². The number of carbonyl (C=O) groups is 2. The molecule has 0 aliphatic heterocycles. The number of halogens is 5. The topological polar surface area (TPSA) is 55.8 Å². The fraction of sp³-hybridized carbons (Fsp3) is 0.440. The van der Waals surface area contributed by atoms with Crippen LogP contribution in [-0.2, 0) is 15.7 Å². The molecule has 0 bridgehead atoms. The Hall–Kier alpha value is -2.07. The molecular formula is C25H28Br2F3NO4. The highest BCUT2D eigenvalue weighted by Crippen LogP contribution is 2.43. The number of rotatable bonds is 2. The van der Waals surface area contributed by atoms with E-state index in [0.717, 1.165) is 11.0 Å². The SMILES string of the molecule is Cc1cc(C(F)(F)F)c(-c2cc(Br)c(N(C(=O)OC(C)(C)C)C(=O)OC(C)(C)C)cc2C)cc1Br. The largest absolute Gasteiger partial charge is 0.443 e. The smallest absolute Gasteiger partial charge is 0.424 e. The average molecular weight is 623 g/mol. The van der Waals surface area contributed by atoms with Crippen molar-refractivity contribution in [1.82, 2.24) is 0 Å². The maximum absolute atomic E-state index is 13.9. The highest BCUT2D eigenvalue weighted by atomic mass is 79.9. The molecule has 0 unspecified atom stereocenters. The molecule has 35 heavy (non-hydrogen) atoms. The quantitative estimate of drug-likeness (QED) is 0.335. The molecule has 0 saturated heterocycles. The molecule has 0 radical (unpaired) electrons. The van der Waals surface area contributed by atoms with E-state index in [4.69, 9.17) is 9.47 Å². The Bertz CT molecular complexity index is 1120. The molecule has 0 fully saturated rings. The number of aryl methyl sites for hydroxylation is 2. The minimum Gasteiger partial charge on any atom is -0.443 e. The molecule has 0 aromatic heterocycles. The summed E-state index contributed by atoms with van der Waals surface area (Å²) in [6.07, 6.45) is -6.54. The van der Waals surface area contributed by atoms with Crippen molar-refractivity contribution in [1.29, 1.82) is 0 Å². The molecule has 0 atom stereocenters. The molecule has 0 aliphatic carbocycles. The number of benzene rings is 2. The van der Waals surface area contributed by atoms with Crippen molar-refractivity contribution < 1.29 is 32.2 Å². The monoisotopic (exact) mass is 621 g/mol. The first-order valence-corrected chi connectivity index (χ1v) is 12.2. The summed E-state index contributed by atoms with van der Waals surface area (Å²) in [4.78, 5) is 26.7. The Labute approximate surface area is 220 Å². The maximum atomic E-state index is 13.9. The molecule has 2 aromatic rings. The van der Waals surface area contributed by atoms with Crippen LogP contribution < -0.4 is 4.90 Å². The van der Waals surface area contributed by atoms with Gasteiger partial charge in [0.05, 0.1) is 11.3 Å². The van der Waals surface area contributed by atoms with Gasteiger partial charge in [0.1, 0.15) is 11.2 Å². The van der Waals surface area contributed by atoms with E-state index in [1.54, 1.807) is 55.4 Å². The molecule has 0 spiro atoms. The van der Waals surface area contributed by atoms with Gasteiger partial charge in [-0.25, -0.2) is 9.59 Å². The summed E-state index contributed by atoms with van der Waals surface area (Å²) < 4.78 is 53.1. The molecule has 0 N–H and O–H groups in total. The van der Waals surface area contributed by atoms with Gasteiger partial charge in [0, 0.05) is 8.95 Å². The summed E-state index contributed by atoms with van der Waals surface area (Å²) in [6, 6.07) is 5.38. The molecule has 2 aromatic carbocycles. The number of ether oxygens (including phenoxy) is 2. The van der Waals surface area contributed by atoms with E-state index in [1.165, 1.54) is 18.2 Å². The van der Waals surface area contributed by atoms with E-state index < -0.39 is 35.1 Å². The minimum absolute atomic E-state index is 0.0409. The fourth-order valence-electron chi connectivity index (χ4n) is 3.15. The van der Waals surface area contributed by atoms with Crippen molar-refractivity contribution in [2.75, 3.05) is 4.90 Å². The van der Waals surface area contributed by atoms with Gasteiger partial charge >= 0.3 is 18.4 Å². The predicted octanol–water partition coefficient (Wildman–Crippen LogP) is 9.19. The molecule has 192 valence electrons. The van der Waals surface area contributed by atoms with Crippen LogP contribution in [0.3, 0.4) is 0 Å². The standard InChI is InChI=1S/C25H28Br2F3NO4/c1-13-10-20(31(21(32)34-23(3,4)5)22(33)35-24(6,7)8)19(27)11-15(13)16-12-18(26)14(2)9-17(16)25(28,29)30/h9-12H,1-8H3. The molecule has 5 nitrogen and oxygen atoms in total. The maximum Gasteiger partial charge on any atom is 0.424 e. The van der Waals surface area contributed by atoms with Crippen LogP contribution in [0.5, 0.6) is 0 Å². The first-order chi connectivity index (χ1) is 15.7. The summed E-state index contributed by atoms with van der Waals surface area (Å²) in [5, 5.41) is 0. The van der Waals surface area contributed by atoms with Gasteiger partial charge in [0.15, 0.2) is 0 Å². The predicted molar refractivity (Wildman–Crippen MR) is 137 cm³/mol. The van der Waals surface area contributed by atoms with Gasteiger partial charge in [-0.2, -0.15) is 18.1 Å². The van der Waals surface area contributed by atoms with Crippen LogP contribution in [-0.4, -0.2) is 23.4 Å². The fourth-order valence-corrected chi connectivity index (χ4v) is 4.02. The molecular weight excluding hydrogens is 595 g/mol. The molecule has 0 heterocycles. The number of hydrogen-bond acceptors (Lipinski definition) is 4. The van der Waals surface area contributed by atoms with E-state index in [9.17, 15) is 22.8 Å². The zero-order chi connectivity index (χ0) is 27.1. The summed E-state index contributed by atoms with van der Waals surface area (Å²) >= 11 is 6.64. The highest BCUT2D eigenvalue weighted by Gasteiger charge is 2.36. The van der Waals surface area contributed by atoms with Crippen LogP contribution in [0.15, 0.2) is 33.2 Å². The number of alkyl halides is 3. The number of carbonyl (C=O) groups excluding carboxylic acids is 2. The molecule has 0 saturated carbocycles. The zero-order valence-electron chi connectivity index (χ0n) is 20.8. The molecule has 0 aliphatic rings. The number of hydrogen-bond donors (Lipinski definition) is 0. The molecule has 2 amide bonds. The van der Waals surface area contributed by atoms with Gasteiger partial charge in [-0.15, -0.1) is 0 Å². The lowest BCUT2D eigenvalue weighted by Crippen LogP contribution is -2.44. The van der Waals surface area contributed by atoms with E-state index >= 15 is 0 Å². The zero-order valence-corrected chi connectivity index (χ0v) is 24.0. The first kappa shape index (κ1) is 29.2. The lowest BCUT2D eigenvalue weighted by molar-refractivity contribution is -0.137. The number of nitrogens with zero attached hydrogens (tertiary/aromatic N) is 1. The van der Waals surface area contributed by atoms with Gasteiger partial charge in [-0.3, -0.25) is 0 Å². The van der Waals surface area contributed by atoms with E-state index in [2.05, 4.69) is 31.9 Å². The Morgan fingerprint density at radius 1 is 0.743 bits per heavy atom. The Morgan fingerprint density at radius 3 is 1.63 bits per heavy atom. The number of amides is 2. The molecule has 2 rings (SSSR count). The van der Waals surface area contributed by atoms with E-state index in [-0.39, 0.29) is 21.3 Å². The number of anilines is 1. The van der Waals surface area contributed by atoms with Crippen molar-refractivity contribution in [2.24, 2.45) is 0 Å². The summed E-state index contributed by atoms with van der Waals surface area (Å²) in [6.45, 7) is 13.1. The van der Waals surface area contributed by atoms with Crippen LogP contribution in [0.2, 0.25) is 0 Å². The third-order valence-electron chi connectivity index (χ3n) is 4.58. The van der Waals surface area contributed by atoms with E-state index in [0.29, 0.717) is 15.6 Å². The third kappa shape index (κ3) is 7.46. The summed E-state index contributed by atoms with van der Waals surface area (Å²) in [7, 11) is 0. The van der Waals surface area contributed by atoms with Crippen LogP contribution in [0.1, 0.15) is 58.2 Å². The highest BCUT2D eigenvalue weighted by molar-refractivity contribution is 9.11. The van der Waals surface area contributed by atoms with Gasteiger partial charge in [-0.05, 0) is 118 Å². The Kier molecular flexibility index (Phi) is 8.44. The molecule has 10 heteroatoms. The number of imide groups is 1. The van der Waals surface area contributed by atoms with Gasteiger partial charge < -0.3 is 9.47 Å². The minimum atomic E-state index is -4.59. The van der Waals surface area contributed by atoms with Crippen molar-refractivity contribution in [2.45, 2.75) is 72.8 Å². The lowest BCUT2D eigenvalue weighted by Gasteiger charge is -2.29. The first-order valence-electron chi connectivity index (χ1n) is 10.6. The van der Waals surface area contributed by atoms with Crippen LogP contribution >= 0.6 is 31.9 Å². The normalized spacial score (nSPS) is 12.4. The summed E-state index contributed by atoms with van der Waals surface area (Å²) in [5.41, 5.74) is -1.45. The Morgan fingerprint density at radius 2 is 1.20 bits per heavy atom. The van der Waals surface area contributed by atoms with Crippen LogP contribution in [0, 0.1) is 13.8 Å². The van der Waals surface area contributed by atoms with Crippen LogP contribution in [0.4, 0.5) is 28.4 Å². The third-order valence-corrected chi connectivity index (χ3v) is 6.07. The van der Waals surface area contributed by atoms with Gasteiger partial charge in [0.25, 0.3) is 0 Å². The second-order valence-corrected chi connectivity index (χ2v) is 11.8. The Balaban J connectivity index is 2.72. The van der Waals surface area contributed by atoms with Gasteiger partial charge in [0.2, 0.25) is 0 Å². The van der Waals surface area contributed by atoms with Crippen LogP contribution in [0.25, 0.3) is 11.1 Å². The van der Waals surface area contributed by atoms with Crippen molar-refractivity contribution >= 4 is 49.7 Å². The second-order valence-electron chi connectivity index (χ2n) is 10.1. The second kappa shape index (κ2) is 10.1. The van der Waals surface area contributed by atoms with Crippen molar-refractivity contribution in [3.05, 3.63) is 49.9 Å². The van der Waals surface area contributed by atoms with Gasteiger partial charge in [-0.1, -0.05) is 15.9 Å². The lowest BCUT2D eigenvalue weighted by atomic mass is 9.94.